The van der Waals surface area contributed by atoms with Gasteiger partial charge in [0.05, 0.1) is 12.1 Å². The third-order valence-electron chi connectivity index (χ3n) is 3.07. The molecule has 1 rings (SSSR count). The van der Waals surface area contributed by atoms with Crippen molar-refractivity contribution < 1.29 is 0 Å². The minimum atomic E-state index is 0.160. The van der Waals surface area contributed by atoms with Crippen molar-refractivity contribution in [2.75, 3.05) is 13.1 Å². The zero-order chi connectivity index (χ0) is 10.6. The Balaban J connectivity index is 2.81. The number of hydrogen-bond donors (Lipinski definition) is 1. The fourth-order valence-corrected chi connectivity index (χ4v) is 2.22. The van der Waals surface area contributed by atoms with Gasteiger partial charge in [-0.25, -0.2) is 0 Å². The molecular formula is C11H21N3. The maximum Gasteiger partial charge on any atom is 0.192 e. The van der Waals surface area contributed by atoms with Gasteiger partial charge < -0.3 is 10.6 Å². The summed E-state index contributed by atoms with van der Waals surface area (Å²) in [6.07, 6.45) is 5.32. The molecular weight excluding hydrogens is 174 g/mol. The average molecular weight is 195 g/mol. The normalized spacial score (nSPS) is 26.4. The highest BCUT2D eigenvalue weighted by Gasteiger charge is 2.38. The third-order valence-corrected chi connectivity index (χ3v) is 3.07. The Kier molecular flexibility index (Phi) is 3.55. The Hall–Kier alpha value is -0.990. The third kappa shape index (κ3) is 1.76. The molecule has 0 saturated carbocycles. The molecule has 2 N–H and O–H groups in total. The maximum absolute atomic E-state index is 5.87. The van der Waals surface area contributed by atoms with Crippen molar-refractivity contribution in [2.45, 2.75) is 38.6 Å². The van der Waals surface area contributed by atoms with E-state index in [9.17, 15) is 0 Å². The van der Waals surface area contributed by atoms with Gasteiger partial charge in [-0.15, -0.1) is 6.58 Å². The molecule has 14 heavy (non-hydrogen) atoms. The lowest BCUT2D eigenvalue weighted by Crippen LogP contribution is -2.51. The molecule has 3 nitrogen and oxygen atoms in total. The summed E-state index contributed by atoms with van der Waals surface area (Å²) in [5.41, 5.74) is 6.03. The Labute approximate surface area is 86.7 Å². The molecule has 0 aromatic carbocycles. The fraction of sp³-hybridized carbons (Fsp3) is 0.727. The standard InChI is InChI=1S/C11H21N3/c1-4-7-11(6-3)9-13-10(12)14(11)8-5-2/h5H,2,4,6-9H2,1,3H3,(H2,12,13). The number of rotatable bonds is 5. The lowest BCUT2D eigenvalue weighted by atomic mass is 9.89. The van der Waals surface area contributed by atoms with Crippen LogP contribution in [0.15, 0.2) is 17.6 Å². The zero-order valence-corrected chi connectivity index (χ0v) is 9.29. The van der Waals surface area contributed by atoms with Crippen LogP contribution in [0.2, 0.25) is 0 Å². The second-order valence-corrected chi connectivity index (χ2v) is 3.90. The van der Waals surface area contributed by atoms with Gasteiger partial charge >= 0.3 is 0 Å². The first-order chi connectivity index (χ1) is 6.70. The van der Waals surface area contributed by atoms with Crippen LogP contribution >= 0.6 is 0 Å². The van der Waals surface area contributed by atoms with Gasteiger partial charge in [0.2, 0.25) is 0 Å². The van der Waals surface area contributed by atoms with Gasteiger partial charge in [-0.3, -0.25) is 4.99 Å². The Morgan fingerprint density at radius 2 is 2.36 bits per heavy atom. The number of nitrogens with two attached hydrogens (primary N) is 1. The second-order valence-electron chi connectivity index (χ2n) is 3.90. The summed E-state index contributed by atoms with van der Waals surface area (Å²) >= 11 is 0. The number of guanidine groups is 1. The van der Waals surface area contributed by atoms with Crippen LogP contribution in [0.25, 0.3) is 0 Å². The predicted molar refractivity (Wildman–Crippen MR) is 61.3 cm³/mol. The highest BCUT2D eigenvalue weighted by molar-refractivity contribution is 5.81. The molecule has 1 aliphatic heterocycles. The van der Waals surface area contributed by atoms with Crippen molar-refractivity contribution in [1.82, 2.24) is 4.90 Å². The second kappa shape index (κ2) is 4.49. The molecule has 80 valence electrons. The molecule has 3 heteroatoms. The molecule has 0 aromatic rings. The minimum absolute atomic E-state index is 0.160. The van der Waals surface area contributed by atoms with Crippen molar-refractivity contribution in [3.05, 3.63) is 12.7 Å². The number of nitrogens with zero attached hydrogens (tertiary/aromatic N) is 2. The van der Waals surface area contributed by atoms with E-state index in [-0.39, 0.29) is 5.54 Å². The van der Waals surface area contributed by atoms with Crippen molar-refractivity contribution in [3.8, 4) is 0 Å². The highest BCUT2D eigenvalue weighted by atomic mass is 15.3. The van der Waals surface area contributed by atoms with Crippen LogP contribution in [0.4, 0.5) is 0 Å². The van der Waals surface area contributed by atoms with Crippen LogP contribution in [0.3, 0.4) is 0 Å². The van der Waals surface area contributed by atoms with Gasteiger partial charge in [-0.1, -0.05) is 26.3 Å². The Morgan fingerprint density at radius 1 is 1.64 bits per heavy atom. The van der Waals surface area contributed by atoms with E-state index < -0.39 is 0 Å². The average Bonchev–Trinajstić information content (AvgIpc) is 2.48. The molecule has 0 saturated heterocycles. The minimum Gasteiger partial charge on any atom is -0.370 e. The van der Waals surface area contributed by atoms with Gasteiger partial charge in [0.1, 0.15) is 0 Å². The largest absolute Gasteiger partial charge is 0.370 e. The fourth-order valence-electron chi connectivity index (χ4n) is 2.22. The van der Waals surface area contributed by atoms with Crippen molar-refractivity contribution in [3.63, 3.8) is 0 Å². The molecule has 0 aliphatic carbocycles. The van der Waals surface area contributed by atoms with E-state index in [1.54, 1.807) is 0 Å². The SMILES string of the molecule is C=CCN1C(N)=NCC1(CC)CCC. The van der Waals surface area contributed by atoms with Crippen LogP contribution in [0, 0.1) is 0 Å². The maximum atomic E-state index is 5.87. The summed E-state index contributed by atoms with van der Waals surface area (Å²) in [4.78, 5) is 6.55. The summed E-state index contributed by atoms with van der Waals surface area (Å²) in [5, 5.41) is 0. The summed E-state index contributed by atoms with van der Waals surface area (Å²) < 4.78 is 0. The quantitative estimate of drug-likeness (QED) is 0.679. The van der Waals surface area contributed by atoms with Crippen LogP contribution in [-0.2, 0) is 0 Å². The Bertz CT molecular complexity index is 235. The van der Waals surface area contributed by atoms with E-state index in [0.29, 0.717) is 5.96 Å². The molecule has 0 bridgehead atoms. The molecule has 0 amide bonds. The highest BCUT2D eigenvalue weighted by Crippen LogP contribution is 2.29. The monoisotopic (exact) mass is 195 g/mol. The van der Waals surface area contributed by atoms with Crippen molar-refractivity contribution in [2.24, 2.45) is 10.7 Å². The van der Waals surface area contributed by atoms with E-state index in [2.05, 4.69) is 30.3 Å². The van der Waals surface area contributed by atoms with Gasteiger partial charge in [0.15, 0.2) is 5.96 Å². The van der Waals surface area contributed by atoms with Crippen molar-refractivity contribution >= 4 is 5.96 Å². The molecule has 0 spiro atoms. The molecule has 1 heterocycles. The number of aliphatic imine (C=N–C) groups is 1. The summed E-state index contributed by atoms with van der Waals surface area (Å²) in [6.45, 7) is 9.83. The molecule has 0 radical (unpaired) electrons. The van der Waals surface area contributed by atoms with Gasteiger partial charge in [-0.2, -0.15) is 0 Å². The molecule has 0 fully saturated rings. The van der Waals surface area contributed by atoms with E-state index in [0.717, 1.165) is 25.9 Å². The lowest BCUT2D eigenvalue weighted by molar-refractivity contribution is 0.192. The smallest absolute Gasteiger partial charge is 0.192 e. The van der Waals surface area contributed by atoms with E-state index in [1.807, 2.05) is 6.08 Å². The first-order valence-electron chi connectivity index (χ1n) is 5.38. The summed E-state index contributed by atoms with van der Waals surface area (Å²) in [5.74, 6) is 0.681. The van der Waals surface area contributed by atoms with E-state index in [1.165, 1.54) is 6.42 Å². The van der Waals surface area contributed by atoms with Crippen LogP contribution in [0.5, 0.6) is 0 Å². The van der Waals surface area contributed by atoms with Gasteiger partial charge in [0.25, 0.3) is 0 Å². The molecule has 1 aliphatic rings. The van der Waals surface area contributed by atoms with E-state index in [4.69, 9.17) is 5.73 Å². The number of hydrogen-bond acceptors (Lipinski definition) is 3. The van der Waals surface area contributed by atoms with Crippen LogP contribution < -0.4 is 5.73 Å². The van der Waals surface area contributed by atoms with Crippen molar-refractivity contribution in [1.29, 1.82) is 0 Å². The molecule has 1 unspecified atom stereocenters. The summed E-state index contributed by atoms with van der Waals surface area (Å²) in [6, 6.07) is 0. The molecule has 1 atom stereocenters. The van der Waals surface area contributed by atoms with E-state index >= 15 is 0 Å². The Morgan fingerprint density at radius 3 is 2.86 bits per heavy atom. The topological polar surface area (TPSA) is 41.6 Å². The van der Waals surface area contributed by atoms with Crippen LogP contribution in [-0.4, -0.2) is 29.5 Å². The first-order valence-corrected chi connectivity index (χ1v) is 5.38. The lowest BCUT2D eigenvalue weighted by Gasteiger charge is -2.38. The predicted octanol–water partition coefficient (Wildman–Crippen LogP) is 1.75. The van der Waals surface area contributed by atoms with Crippen LogP contribution in [0.1, 0.15) is 33.1 Å². The first kappa shape index (κ1) is 11.1. The summed E-state index contributed by atoms with van der Waals surface area (Å²) in [7, 11) is 0. The van der Waals surface area contributed by atoms with Gasteiger partial charge in [0, 0.05) is 6.54 Å². The van der Waals surface area contributed by atoms with Gasteiger partial charge in [-0.05, 0) is 12.8 Å². The molecule has 0 aromatic heterocycles. The zero-order valence-electron chi connectivity index (χ0n) is 9.29.